The Morgan fingerprint density at radius 3 is 2.28 bits per heavy atom. The molecule has 2 unspecified atom stereocenters. The highest BCUT2D eigenvalue weighted by atomic mass is 31.2. The van der Waals surface area contributed by atoms with Gasteiger partial charge in [0.25, 0.3) is 0 Å². The number of carbonyl (C=O) groups excluding carboxylic acids is 1. The van der Waals surface area contributed by atoms with Gasteiger partial charge in [-0.15, -0.1) is 0 Å². The van der Waals surface area contributed by atoms with Gasteiger partial charge in [0.05, 0.1) is 13.2 Å². The molecular formula is C20H40NO7P. The van der Waals surface area contributed by atoms with Crippen LogP contribution < -0.4 is 5.73 Å². The Hall–Kier alpha value is -0.760. The second-order valence-electron chi connectivity index (χ2n) is 7.00. The van der Waals surface area contributed by atoms with Gasteiger partial charge in [-0.2, -0.15) is 0 Å². The smallest absolute Gasteiger partial charge is 0.463 e. The molecule has 0 radical (unpaired) electrons. The number of nitrogens with two attached hydrogens (primary N) is 1. The van der Waals surface area contributed by atoms with Gasteiger partial charge in [0.15, 0.2) is 0 Å². The highest BCUT2D eigenvalue weighted by molar-refractivity contribution is 7.47. The monoisotopic (exact) mass is 437 g/mol. The summed E-state index contributed by atoms with van der Waals surface area (Å²) in [5, 5.41) is 9.64. The number of phosphoric acid groups is 1. The zero-order chi connectivity index (χ0) is 21.8. The molecule has 0 heterocycles. The normalized spacial score (nSPS) is 14.8. The number of esters is 1. The van der Waals surface area contributed by atoms with Crippen molar-refractivity contribution < 1.29 is 33.1 Å². The zero-order valence-electron chi connectivity index (χ0n) is 17.8. The van der Waals surface area contributed by atoms with E-state index in [1.807, 2.05) is 0 Å². The average Bonchev–Trinajstić information content (AvgIpc) is 2.70. The van der Waals surface area contributed by atoms with E-state index in [9.17, 15) is 19.4 Å². The van der Waals surface area contributed by atoms with E-state index in [1.54, 1.807) is 0 Å². The summed E-state index contributed by atoms with van der Waals surface area (Å²) < 4.78 is 25.4. The SMILES string of the molecule is CCCCC/C=C\CCCCCCCC(=O)OCC(O)COP(=O)(O)OCCN. The van der Waals surface area contributed by atoms with Crippen LogP contribution in [0.5, 0.6) is 0 Å². The molecule has 0 aromatic heterocycles. The van der Waals surface area contributed by atoms with E-state index in [4.69, 9.17) is 10.5 Å². The fourth-order valence-corrected chi connectivity index (χ4v) is 3.28. The molecule has 172 valence electrons. The van der Waals surface area contributed by atoms with Gasteiger partial charge < -0.3 is 20.5 Å². The molecule has 0 aromatic rings. The van der Waals surface area contributed by atoms with Crippen LogP contribution in [0.15, 0.2) is 12.2 Å². The maximum Gasteiger partial charge on any atom is 0.472 e. The van der Waals surface area contributed by atoms with Crippen LogP contribution >= 0.6 is 7.82 Å². The minimum atomic E-state index is -4.24. The van der Waals surface area contributed by atoms with Crippen LogP contribution in [0, 0.1) is 0 Å². The van der Waals surface area contributed by atoms with Crippen molar-refractivity contribution in [1.82, 2.24) is 0 Å². The molecule has 0 aliphatic carbocycles. The van der Waals surface area contributed by atoms with Crippen LogP contribution in [0.2, 0.25) is 0 Å². The first-order valence-corrected chi connectivity index (χ1v) is 12.2. The van der Waals surface area contributed by atoms with Crippen LogP contribution in [0.3, 0.4) is 0 Å². The van der Waals surface area contributed by atoms with Crippen molar-refractivity contribution in [2.75, 3.05) is 26.4 Å². The summed E-state index contributed by atoms with van der Waals surface area (Å²) in [7, 11) is -4.24. The summed E-state index contributed by atoms with van der Waals surface area (Å²) in [4.78, 5) is 20.9. The predicted octanol–water partition coefficient (Wildman–Crippen LogP) is 3.85. The van der Waals surface area contributed by atoms with Crippen LogP contribution in [-0.4, -0.2) is 48.4 Å². The largest absolute Gasteiger partial charge is 0.472 e. The van der Waals surface area contributed by atoms with E-state index < -0.39 is 26.5 Å². The molecule has 29 heavy (non-hydrogen) atoms. The molecule has 8 nitrogen and oxygen atoms in total. The first-order chi connectivity index (χ1) is 13.9. The van der Waals surface area contributed by atoms with Crippen LogP contribution in [-0.2, 0) is 23.1 Å². The Kier molecular flexibility index (Phi) is 18.7. The molecule has 0 rings (SSSR count). The Morgan fingerprint density at radius 1 is 1.00 bits per heavy atom. The molecule has 9 heteroatoms. The van der Waals surface area contributed by atoms with E-state index in [1.165, 1.54) is 32.1 Å². The highest BCUT2D eigenvalue weighted by Crippen LogP contribution is 2.42. The maximum atomic E-state index is 11.6. The lowest BCUT2D eigenvalue weighted by Crippen LogP contribution is -2.23. The third-order valence-electron chi connectivity index (χ3n) is 4.13. The molecule has 0 fully saturated rings. The standard InChI is InChI=1S/C20H40NO7P/c1-2-3-4-5-6-7-8-9-10-11-12-13-14-20(23)26-17-19(22)18-28-29(24,25)27-16-15-21/h6-7,19,22H,2-5,8-18,21H2,1H3,(H,24,25)/b7-6-. The number of unbranched alkanes of at least 4 members (excludes halogenated alkanes) is 8. The number of aliphatic hydroxyl groups is 1. The number of phosphoric ester groups is 1. The molecule has 0 saturated heterocycles. The quantitative estimate of drug-likeness (QED) is 0.113. The Bertz CT molecular complexity index is 474. The van der Waals surface area contributed by atoms with E-state index in [2.05, 4.69) is 28.1 Å². The number of aliphatic hydroxyl groups excluding tert-OH is 1. The predicted molar refractivity (Wildman–Crippen MR) is 113 cm³/mol. The summed E-state index contributed by atoms with van der Waals surface area (Å²) >= 11 is 0. The fraction of sp³-hybridized carbons (Fsp3) is 0.850. The number of hydrogen-bond donors (Lipinski definition) is 3. The Balaban J connectivity index is 3.54. The molecule has 0 amide bonds. The molecule has 0 bridgehead atoms. The van der Waals surface area contributed by atoms with Gasteiger partial charge in [-0.1, -0.05) is 51.2 Å². The van der Waals surface area contributed by atoms with Crippen LogP contribution in [0.25, 0.3) is 0 Å². The minimum absolute atomic E-state index is 0.0737. The van der Waals surface area contributed by atoms with Crippen molar-refractivity contribution in [3.63, 3.8) is 0 Å². The lowest BCUT2D eigenvalue weighted by Gasteiger charge is -2.15. The van der Waals surface area contributed by atoms with Crippen molar-refractivity contribution in [1.29, 1.82) is 0 Å². The second-order valence-corrected chi connectivity index (χ2v) is 8.45. The van der Waals surface area contributed by atoms with Crippen molar-refractivity contribution >= 4 is 13.8 Å². The van der Waals surface area contributed by atoms with Gasteiger partial charge in [-0.3, -0.25) is 13.8 Å². The first kappa shape index (κ1) is 28.2. The van der Waals surface area contributed by atoms with E-state index in [0.29, 0.717) is 6.42 Å². The molecule has 0 spiro atoms. The fourth-order valence-electron chi connectivity index (χ4n) is 2.50. The molecule has 2 atom stereocenters. The average molecular weight is 438 g/mol. The summed E-state index contributed by atoms with van der Waals surface area (Å²) in [5.41, 5.74) is 5.15. The third kappa shape index (κ3) is 20.3. The van der Waals surface area contributed by atoms with Gasteiger partial charge in [0.2, 0.25) is 0 Å². The zero-order valence-corrected chi connectivity index (χ0v) is 18.7. The lowest BCUT2D eigenvalue weighted by molar-refractivity contribution is -0.147. The van der Waals surface area contributed by atoms with Gasteiger partial charge in [0.1, 0.15) is 12.7 Å². The number of rotatable bonds is 20. The first-order valence-electron chi connectivity index (χ1n) is 10.7. The van der Waals surface area contributed by atoms with Crippen LogP contribution in [0.1, 0.15) is 77.6 Å². The highest BCUT2D eigenvalue weighted by Gasteiger charge is 2.22. The topological polar surface area (TPSA) is 128 Å². The number of carbonyl (C=O) groups is 1. The van der Waals surface area contributed by atoms with E-state index >= 15 is 0 Å². The van der Waals surface area contributed by atoms with Crippen LogP contribution in [0.4, 0.5) is 0 Å². The summed E-state index contributed by atoms with van der Waals surface area (Å²) in [6.07, 6.45) is 14.9. The van der Waals surface area contributed by atoms with Gasteiger partial charge >= 0.3 is 13.8 Å². The number of allylic oxidation sites excluding steroid dienone is 2. The van der Waals surface area contributed by atoms with Gasteiger partial charge in [-0.05, 0) is 32.1 Å². The second kappa shape index (κ2) is 19.2. The molecular weight excluding hydrogens is 397 g/mol. The molecule has 0 saturated carbocycles. The van der Waals surface area contributed by atoms with Gasteiger partial charge in [0, 0.05) is 13.0 Å². The maximum absolute atomic E-state index is 11.6. The van der Waals surface area contributed by atoms with Crippen molar-refractivity contribution in [3.05, 3.63) is 12.2 Å². The molecule has 0 aromatic carbocycles. The van der Waals surface area contributed by atoms with Crippen molar-refractivity contribution in [2.24, 2.45) is 5.73 Å². The lowest BCUT2D eigenvalue weighted by atomic mass is 10.1. The Morgan fingerprint density at radius 2 is 1.62 bits per heavy atom. The number of hydrogen-bond acceptors (Lipinski definition) is 7. The van der Waals surface area contributed by atoms with E-state index in [0.717, 1.165) is 32.1 Å². The van der Waals surface area contributed by atoms with Gasteiger partial charge in [-0.25, -0.2) is 4.57 Å². The number of ether oxygens (including phenoxy) is 1. The van der Waals surface area contributed by atoms with Crippen molar-refractivity contribution in [3.8, 4) is 0 Å². The molecule has 0 aliphatic rings. The summed E-state index contributed by atoms with van der Waals surface area (Å²) in [5.74, 6) is -0.398. The minimum Gasteiger partial charge on any atom is -0.463 e. The Labute approximate surface area is 175 Å². The third-order valence-corrected chi connectivity index (χ3v) is 5.12. The van der Waals surface area contributed by atoms with Crippen molar-refractivity contribution in [2.45, 2.75) is 83.7 Å². The summed E-state index contributed by atoms with van der Waals surface area (Å²) in [6, 6.07) is 0. The molecule has 4 N–H and O–H groups in total. The summed E-state index contributed by atoms with van der Waals surface area (Å²) in [6.45, 7) is 1.39. The van der Waals surface area contributed by atoms with E-state index in [-0.39, 0.29) is 19.8 Å². The molecule has 0 aliphatic heterocycles.